The van der Waals surface area contributed by atoms with E-state index in [1.807, 2.05) is 18.2 Å². The highest BCUT2D eigenvalue weighted by Gasteiger charge is 2.29. The van der Waals surface area contributed by atoms with Gasteiger partial charge in [0, 0.05) is 26.2 Å². The molecule has 1 saturated heterocycles. The normalized spacial score (nSPS) is 18.4. The zero-order valence-electron chi connectivity index (χ0n) is 13.9. The first-order chi connectivity index (χ1) is 11.2. The summed E-state index contributed by atoms with van der Waals surface area (Å²) in [6.07, 6.45) is 3.29. The molecule has 0 saturated carbocycles. The Morgan fingerprint density at radius 2 is 2.09 bits per heavy atom. The Balaban J connectivity index is 1.84. The van der Waals surface area contributed by atoms with Crippen molar-refractivity contribution in [3.8, 4) is 6.07 Å². The maximum Gasteiger partial charge on any atom is 0.317 e. The largest absolute Gasteiger partial charge is 0.338 e. The molecule has 124 valence electrons. The number of carbonyl (C=O) groups excluding carboxylic acids is 1. The van der Waals surface area contributed by atoms with E-state index in [0.717, 1.165) is 32.4 Å². The summed E-state index contributed by atoms with van der Waals surface area (Å²) in [4.78, 5) is 16.1. The average Bonchev–Trinajstić information content (AvgIpc) is 2.59. The van der Waals surface area contributed by atoms with Gasteiger partial charge in [-0.05, 0) is 12.0 Å². The van der Waals surface area contributed by atoms with Crippen molar-refractivity contribution in [3.05, 3.63) is 35.9 Å². The van der Waals surface area contributed by atoms with Crippen molar-refractivity contribution in [2.24, 2.45) is 0 Å². The monoisotopic (exact) mass is 314 g/mol. The second kappa shape index (κ2) is 9.16. The molecule has 1 aliphatic rings. The van der Waals surface area contributed by atoms with Crippen molar-refractivity contribution in [2.45, 2.75) is 38.8 Å². The van der Waals surface area contributed by atoms with E-state index in [1.54, 1.807) is 4.90 Å². The number of carbonyl (C=O) groups is 1. The quantitative estimate of drug-likeness (QED) is 0.821. The summed E-state index contributed by atoms with van der Waals surface area (Å²) in [6, 6.07) is 12.2. The predicted octanol–water partition coefficient (Wildman–Crippen LogP) is 2.60. The summed E-state index contributed by atoms with van der Waals surface area (Å²) in [6.45, 7) is 5.49. The van der Waals surface area contributed by atoms with Crippen LogP contribution in [-0.4, -0.2) is 48.1 Å². The standard InChI is InChI=1S/C18H26N4O/c1-2-3-7-10-20-18(23)22-12-11-21(17(13-19)15-22)14-16-8-5-4-6-9-16/h4-6,8-9,17H,2-3,7,10-12,14-15H2,1H3,(H,20,23)/t17-/m1/s1. The minimum absolute atomic E-state index is 0.0410. The highest BCUT2D eigenvalue weighted by molar-refractivity contribution is 5.74. The minimum Gasteiger partial charge on any atom is -0.338 e. The van der Waals surface area contributed by atoms with E-state index < -0.39 is 0 Å². The fourth-order valence-electron chi connectivity index (χ4n) is 2.82. The van der Waals surface area contributed by atoms with Gasteiger partial charge in [0.25, 0.3) is 0 Å². The van der Waals surface area contributed by atoms with Crippen LogP contribution in [0.2, 0.25) is 0 Å². The molecular formula is C18H26N4O. The number of unbranched alkanes of at least 4 members (excludes halogenated alkanes) is 2. The van der Waals surface area contributed by atoms with Crippen molar-refractivity contribution in [2.75, 3.05) is 26.2 Å². The fraction of sp³-hybridized carbons (Fsp3) is 0.556. The molecule has 0 aliphatic carbocycles. The smallest absolute Gasteiger partial charge is 0.317 e. The van der Waals surface area contributed by atoms with Gasteiger partial charge in [-0.1, -0.05) is 50.1 Å². The molecule has 0 aromatic heterocycles. The van der Waals surface area contributed by atoms with Crippen LogP contribution in [0.25, 0.3) is 0 Å². The molecule has 1 fully saturated rings. The number of urea groups is 1. The molecule has 0 radical (unpaired) electrons. The third kappa shape index (κ3) is 5.26. The molecule has 5 nitrogen and oxygen atoms in total. The maximum absolute atomic E-state index is 12.2. The third-order valence-corrected chi connectivity index (χ3v) is 4.21. The van der Waals surface area contributed by atoms with Crippen LogP contribution in [0.15, 0.2) is 30.3 Å². The Hall–Kier alpha value is -2.06. The van der Waals surface area contributed by atoms with Gasteiger partial charge < -0.3 is 10.2 Å². The molecule has 0 spiro atoms. The summed E-state index contributed by atoms with van der Waals surface area (Å²) in [5.41, 5.74) is 1.20. The third-order valence-electron chi connectivity index (χ3n) is 4.21. The lowest BCUT2D eigenvalue weighted by Gasteiger charge is -2.38. The van der Waals surface area contributed by atoms with Crippen molar-refractivity contribution in [1.29, 1.82) is 5.26 Å². The van der Waals surface area contributed by atoms with Crippen LogP contribution in [0.1, 0.15) is 31.7 Å². The van der Waals surface area contributed by atoms with Crippen molar-refractivity contribution < 1.29 is 4.79 Å². The van der Waals surface area contributed by atoms with E-state index in [-0.39, 0.29) is 12.1 Å². The van der Waals surface area contributed by atoms with Gasteiger partial charge >= 0.3 is 6.03 Å². The zero-order valence-corrected chi connectivity index (χ0v) is 13.9. The van der Waals surface area contributed by atoms with Gasteiger partial charge in [-0.15, -0.1) is 0 Å². The van der Waals surface area contributed by atoms with Crippen LogP contribution in [-0.2, 0) is 6.54 Å². The van der Waals surface area contributed by atoms with Gasteiger partial charge in [0.2, 0.25) is 0 Å². The van der Waals surface area contributed by atoms with Crippen LogP contribution in [0, 0.1) is 11.3 Å². The Morgan fingerprint density at radius 1 is 1.30 bits per heavy atom. The summed E-state index contributed by atoms with van der Waals surface area (Å²) in [5.74, 6) is 0. The number of hydrogen-bond donors (Lipinski definition) is 1. The Bertz CT molecular complexity index is 526. The van der Waals surface area contributed by atoms with Gasteiger partial charge in [-0.25, -0.2) is 4.79 Å². The number of nitrogens with zero attached hydrogens (tertiary/aromatic N) is 3. The van der Waals surface area contributed by atoms with Crippen LogP contribution >= 0.6 is 0 Å². The Kier molecular flexibility index (Phi) is 6.89. The van der Waals surface area contributed by atoms with E-state index in [9.17, 15) is 10.1 Å². The maximum atomic E-state index is 12.2. The number of nitriles is 1. The summed E-state index contributed by atoms with van der Waals surface area (Å²) >= 11 is 0. The summed E-state index contributed by atoms with van der Waals surface area (Å²) in [7, 11) is 0. The van der Waals surface area contributed by atoms with E-state index in [1.165, 1.54) is 5.56 Å². The van der Waals surface area contributed by atoms with Gasteiger partial charge in [0.05, 0.1) is 12.6 Å². The molecule has 2 amide bonds. The van der Waals surface area contributed by atoms with E-state index in [0.29, 0.717) is 19.6 Å². The SMILES string of the molecule is CCCCCNC(=O)N1CCN(Cc2ccccc2)[C@H](C#N)C1. The summed E-state index contributed by atoms with van der Waals surface area (Å²) < 4.78 is 0. The highest BCUT2D eigenvalue weighted by Crippen LogP contribution is 2.14. The number of amides is 2. The minimum atomic E-state index is -0.245. The Labute approximate surface area is 138 Å². The van der Waals surface area contributed by atoms with Crippen LogP contribution in [0.4, 0.5) is 4.79 Å². The first-order valence-electron chi connectivity index (χ1n) is 8.45. The molecule has 1 aliphatic heterocycles. The fourth-order valence-corrected chi connectivity index (χ4v) is 2.82. The van der Waals surface area contributed by atoms with Gasteiger partial charge in [0.1, 0.15) is 6.04 Å². The van der Waals surface area contributed by atoms with Gasteiger partial charge in [-0.2, -0.15) is 5.26 Å². The van der Waals surface area contributed by atoms with Crippen molar-refractivity contribution >= 4 is 6.03 Å². The second-order valence-electron chi connectivity index (χ2n) is 5.99. The lowest BCUT2D eigenvalue weighted by Crippen LogP contribution is -2.56. The molecule has 2 rings (SSSR count). The second-order valence-corrected chi connectivity index (χ2v) is 5.99. The number of hydrogen-bond acceptors (Lipinski definition) is 3. The van der Waals surface area contributed by atoms with Crippen LogP contribution in [0.5, 0.6) is 0 Å². The van der Waals surface area contributed by atoms with Crippen LogP contribution < -0.4 is 5.32 Å². The number of benzene rings is 1. The molecule has 0 unspecified atom stereocenters. The molecule has 0 bridgehead atoms. The van der Waals surface area contributed by atoms with Crippen molar-refractivity contribution in [3.63, 3.8) is 0 Å². The van der Waals surface area contributed by atoms with E-state index in [2.05, 4.69) is 35.3 Å². The molecule has 23 heavy (non-hydrogen) atoms. The lowest BCUT2D eigenvalue weighted by atomic mass is 10.1. The first kappa shape index (κ1) is 17.3. The average molecular weight is 314 g/mol. The molecule has 1 heterocycles. The lowest BCUT2D eigenvalue weighted by molar-refractivity contribution is 0.108. The topological polar surface area (TPSA) is 59.4 Å². The molecule has 1 N–H and O–H groups in total. The van der Waals surface area contributed by atoms with E-state index >= 15 is 0 Å². The van der Waals surface area contributed by atoms with Crippen molar-refractivity contribution in [1.82, 2.24) is 15.1 Å². The zero-order chi connectivity index (χ0) is 16.5. The highest BCUT2D eigenvalue weighted by atomic mass is 16.2. The van der Waals surface area contributed by atoms with Gasteiger partial charge in [-0.3, -0.25) is 4.90 Å². The molecule has 1 atom stereocenters. The van der Waals surface area contributed by atoms with E-state index in [4.69, 9.17) is 0 Å². The molecule has 5 heteroatoms. The summed E-state index contributed by atoms with van der Waals surface area (Å²) in [5, 5.41) is 12.4. The molecular weight excluding hydrogens is 288 g/mol. The molecule has 1 aromatic rings. The van der Waals surface area contributed by atoms with Crippen LogP contribution in [0.3, 0.4) is 0 Å². The number of nitrogens with one attached hydrogen (secondary N) is 1. The van der Waals surface area contributed by atoms with Gasteiger partial charge in [0.15, 0.2) is 0 Å². The first-order valence-corrected chi connectivity index (χ1v) is 8.45. The Morgan fingerprint density at radius 3 is 2.78 bits per heavy atom. The predicted molar refractivity (Wildman–Crippen MR) is 90.7 cm³/mol. The number of piperazine rings is 1. The number of rotatable bonds is 6. The molecule has 1 aromatic carbocycles.